The zero-order valence-electron chi connectivity index (χ0n) is 17.9. The molecular weight excluding hydrogens is 467 g/mol. The van der Waals surface area contributed by atoms with Gasteiger partial charge < -0.3 is 9.73 Å². The normalized spacial score (nSPS) is 15.8. The van der Waals surface area contributed by atoms with Crippen LogP contribution in [0.2, 0.25) is 0 Å². The number of amides is 1. The van der Waals surface area contributed by atoms with Gasteiger partial charge in [0.1, 0.15) is 5.82 Å². The average Bonchev–Trinajstić information content (AvgIpc) is 3.28. The predicted molar refractivity (Wildman–Crippen MR) is 123 cm³/mol. The fraction of sp³-hybridized carbons (Fsp3) is 0.318. The topological polar surface area (TPSA) is 105 Å². The van der Waals surface area contributed by atoms with Crippen molar-refractivity contribution >= 4 is 33.4 Å². The standard InChI is InChI=1S/C22H23FN4O4S2/c1-15(32-22-26-25-21(31-22)16-8-10-17(23)11-9-16)20(28)24-18-6-5-7-19(14-18)33(29,30)27-12-3-2-4-13-27/h5-11,14-15H,2-4,12-13H2,1H3,(H,24,28). The van der Waals surface area contributed by atoms with E-state index in [-0.39, 0.29) is 27.7 Å². The van der Waals surface area contributed by atoms with Crippen LogP contribution in [0.25, 0.3) is 11.5 Å². The third-order valence-electron chi connectivity index (χ3n) is 5.20. The number of halogens is 1. The second-order valence-corrected chi connectivity index (χ2v) is 10.9. The molecule has 1 aliphatic rings. The van der Waals surface area contributed by atoms with E-state index in [9.17, 15) is 17.6 Å². The van der Waals surface area contributed by atoms with E-state index in [0.717, 1.165) is 31.0 Å². The van der Waals surface area contributed by atoms with Crippen molar-refractivity contribution in [1.82, 2.24) is 14.5 Å². The Morgan fingerprint density at radius 2 is 1.85 bits per heavy atom. The molecule has 0 bridgehead atoms. The van der Waals surface area contributed by atoms with Crippen LogP contribution in [-0.2, 0) is 14.8 Å². The van der Waals surface area contributed by atoms with Crippen molar-refractivity contribution in [2.24, 2.45) is 0 Å². The lowest BCUT2D eigenvalue weighted by molar-refractivity contribution is -0.115. The van der Waals surface area contributed by atoms with Crippen LogP contribution in [-0.4, -0.2) is 47.2 Å². The molecule has 0 aliphatic carbocycles. The summed E-state index contributed by atoms with van der Waals surface area (Å²) in [7, 11) is -3.60. The Hall–Kier alpha value is -2.76. The molecule has 1 saturated heterocycles. The van der Waals surface area contributed by atoms with Gasteiger partial charge in [-0.3, -0.25) is 4.79 Å². The molecular formula is C22H23FN4O4S2. The third kappa shape index (κ3) is 5.60. The number of nitrogens with zero attached hydrogens (tertiary/aromatic N) is 3. The summed E-state index contributed by atoms with van der Waals surface area (Å²) >= 11 is 1.07. The Balaban J connectivity index is 1.40. The molecule has 4 rings (SSSR count). The highest BCUT2D eigenvalue weighted by Crippen LogP contribution is 2.28. The zero-order valence-corrected chi connectivity index (χ0v) is 19.5. The Morgan fingerprint density at radius 1 is 1.12 bits per heavy atom. The van der Waals surface area contributed by atoms with E-state index in [4.69, 9.17) is 4.42 Å². The highest BCUT2D eigenvalue weighted by molar-refractivity contribution is 8.00. The molecule has 0 radical (unpaired) electrons. The highest BCUT2D eigenvalue weighted by atomic mass is 32.2. The molecule has 1 aliphatic heterocycles. The molecule has 8 nitrogen and oxygen atoms in total. The van der Waals surface area contributed by atoms with E-state index in [1.54, 1.807) is 19.1 Å². The minimum Gasteiger partial charge on any atom is -0.411 e. The fourth-order valence-electron chi connectivity index (χ4n) is 3.40. The maximum absolute atomic E-state index is 13.1. The van der Waals surface area contributed by atoms with Crippen LogP contribution in [0.15, 0.2) is 63.1 Å². The van der Waals surface area contributed by atoms with Gasteiger partial charge in [0.15, 0.2) is 0 Å². The van der Waals surface area contributed by atoms with Gasteiger partial charge in [0, 0.05) is 24.3 Å². The van der Waals surface area contributed by atoms with Gasteiger partial charge in [0.2, 0.25) is 21.8 Å². The Bertz CT molecular complexity index is 1230. The molecule has 1 unspecified atom stereocenters. The summed E-state index contributed by atoms with van der Waals surface area (Å²) < 4.78 is 45.9. The van der Waals surface area contributed by atoms with Crippen LogP contribution in [0.1, 0.15) is 26.2 Å². The van der Waals surface area contributed by atoms with Crippen molar-refractivity contribution in [1.29, 1.82) is 0 Å². The summed E-state index contributed by atoms with van der Waals surface area (Å²) in [4.78, 5) is 12.8. The van der Waals surface area contributed by atoms with Crippen molar-refractivity contribution in [3.63, 3.8) is 0 Å². The van der Waals surface area contributed by atoms with Crippen LogP contribution in [0.4, 0.5) is 10.1 Å². The van der Waals surface area contributed by atoms with Gasteiger partial charge in [-0.15, -0.1) is 10.2 Å². The first-order valence-corrected chi connectivity index (χ1v) is 12.8. The molecule has 174 valence electrons. The molecule has 11 heteroatoms. The van der Waals surface area contributed by atoms with Crippen molar-refractivity contribution in [2.75, 3.05) is 18.4 Å². The summed E-state index contributed by atoms with van der Waals surface area (Å²) in [5, 5.41) is 10.2. The van der Waals surface area contributed by atoms with Crippen molar-refractivity contribution in [3.8, 4) is 11.5 Å². The van der Waals surface area contributed by atoms with Gasteiger partial charge in [-0.2, -0.15) is 4.31 Å². The summed E-state index contributed by atoms with van der Waals surface area (Å²) in [6.45, 7) is 2.70. The predicted octanol–water partition coefficient (Wildman–Crippen LogP) is 4.17. The highest BCUT2D eigenvalue weighted by Gasteiger charge is 2.26. The molecule has 1 fully saturated rings. The lowest BCUT2D eigenvalue weighted by Crippen LogP contribution is -2.35. The minimum atomic E-state index is -3.60. The van der Waals surface area contributed by atoms with E-state index in [1.165, 1.54) is 40.7 Å². The van der Waals surface area contributed by atoms with Gasteiger partial charge in [0.05, 0.1) is 10.1 Å². The molecule has 1 atom stereocenters. The lowest BCUT2D eigenvalue weighted by Gasteiger charge is -2.26. The smallest absolute Gasteiger partial charge is 0.277 e. The van der Waals surface area contributed by atoms with E-state index in [2.05, 4.69) is 15.5 Å². The van der Waals surface area contributed by atoms with Gasteiger partial charge in [0.25, 0.3) is 5.22 Å². The minimum absolute atomic E-state index is 0.156. The van der Waals surface area contributed by atoms with Crippen LogP contribution < -0.4 is 5.32 Å². The number of sulfonamides is 1. The first-order valence-electron chi connectivity index (χ1n) is 10.5. The van der Waals surface area contributed by atoms with Gasteiger partial charge in [-0.1, -0.05) is 24.2 Å². The maximum Gasteiger partial charge on any atom is 0.277 e. The van der Waals surface area contributed by atoms with Crippen LogP contribution in [0, 0.1) is 5.82 Å². The number of anilines is 1. The molecule has 3 aromatic rings. The monoisotopic (exact) mass is 490 g/mol. The molecule has 1 aromatic heterocycles. The number of thioether (sulfide) groups is 1. The first kappa shape index (κ1) is 23.4. The molecule has 0 saturated carbocycles. The number of aromatic nitrogens is 2. The molecule has 1 N–H and O–H groups in total. The van der Waals surface area contributed by atoms with E-state index in [0.29, 0.717) is 24.3 Å². The number of carbonyl (C=O) groups is 1. The number of rotatable bonds is 7. The van der Waals surface area contributed by atoms with Crippen LogP contribution in [0.3, 0.4) is 0 Å². The average molecular weight is 491 g/mol. The van der Waals surface area contributed by atoms with Gasteiger partial charge in [-0.25, -0.2) is 12.8 Å². The number of hydrogen-bond donors (Lipinski definition) is 1. The van der Waals surface area contributed by atoms with Crippen LogP contribution in [0.5, 0.6) is 0 Å². The van der Waals surface area contributed by atoms with Crippen molar-refractivity contribution in [2.45, 2.75) is 41.6 Å². The SMILES string of the molecule is CC(Sc1nnc(-c2ccc(F)cc2)o1)C(=O)Nc1cccc(S(=O)(=O)N2CCCCC2)c1. The summed E-state index contributed by atoms with van der Waals surface area (Å²) in [5.41, 5.74) is 0.961. The third-order valence-corrected chi connectivity index (χ3v) is 8.03. The van der Waals surface area contributed by atoms with Crippen molar-refractivity contribution < 1.29 is 22.0 Å². The van der Waals surface area contributed by atoms with E-state index in [1.807, 2.05) is 0 Å². The van der Waals surface area contributed by atoms with Gasteiger partial charge in [-0.05, 0) is 62.2 Å². The first-order chi connectivity index (χ1) is 15.8. The second-order valence-electron chi connectivity index (χ2n) is 7.62. The number of carbonyl (C=O) groups excluding carboxylic acids is 1. The Morgan fingerprint density at radius 3 is 2.58 bits per heavy atom. The number of piperidine rings is 1. The Kier molecular flexibility index (Phi) is 7.11. The second kappa shape index (κ2) is 10.0. The van der Waals surface area contributed by atoms with Crippen molar-refractivity contribution in [3.05, 3.63) is 54.3 Å². The number of hydrogen-bond acceptors (Lipinski definition) is 7. The quantitative estimate of drug-likeness (QED) is 0.496. The number of benzene rings is 2. The van der Waals surface area contributed by atoms with E-state index >= 15 is 0 Å². The van der Waals surface area contributed by atoms with E-state index < -0.39 is 15.3 Å². The Labute approximate surface area is 195 Å². The lowest BCUT2D eigenvalue weighted by atomic mass is 10.2. The van der Waals surface area contributed by atoms with Crippen LogP contribution >= 0.6 is 11.8 Å². The largest absolute Gasteiger partial charge is 0.411 e. The molecule has 1 amide bonds. The zero-order chi connectivity index (χ0) is 23.4. The molecule has 2 aromatic carbocycles. The summed E-state index contributed by atoms with van der Waals surface area (Å²) in [6.07, 6.45) is 2.73. The van der Waals surface area contributed by atoms with Gasteiger partial charge >= 0.3 is 0 Å². The summed E-state index contributed by atoms with van der Waals surface area (Å²) in [6, 6.07) is 11.9. The number of nitrogens with one attached hydrogen (secondary N) is 1. The fourth-order valence-corrected chi connectivity index (χ4v) is 5.65. The molecule has 33 heavy (non-hydrogen) atoms. The molecule has 0 spiro atoms. The maximum atomic E-state index is 13.1. The molecule has 2 heterocycles. The summed E-state index contributed by atoms with van der Waals surface area (Å²) in [5.74, 6) is -0.485.